The average molecular weight is 428 g/mol. The second-order valence-corrected chi connectivity index (χ2v) is 8.97. The van der Waals surface area contributed by atoms with Gasteiger partial charge in [-0.2, -0.15) is 0 Å². The molecule has 0 saturated carbocycles. The minimum absolute atomic E-state index is 0.0149. The van der Waals surface area contributed by atoms with Gasteiger partial charge in [0.25, 0.3) is 5.91 Å². The lowest BCUT2D eigenvalue weighted by molar-refractivity contribution is 0.0827. The van der Waals surface area contributed by atoms with Crippen LogP contribution >= 0.6 is 11.3 Å². The smallest absolute Gasteiger partial charge is 0.253 e. The highest BCUT2D eigenvalue weighted by Gasteiger charge is 2.14. The topological polar surface area (TPSA) is 69.6 Å². The average Bonchev–Trinajstić information content (AvgIpc) is 3.17. The number of aliphatic imine (C=N–C) groups is 1. The van der Waals surface area contributed by atoms with Crippen LogP contribution < -0.4 is 10.6 Å². The van der Waals surface area contributed by atoms with E-state index in [1.807, 2.05) is 35.6 Å². The number of carbonyl (C=O) groups excluding carboxylic acids is 1. The lowest BCUT2D eigenvalue weighted by Gasteiger charge is -2.12. The highest BCUT2D eigenvalue weighted by atomic mass is 32.1. The summed E-state index contributed by atoms with van der Waals surface area (Å²) in [6.45, 7) is 4.33. The van der Waals surface area contributed by atoms with E-state index in [0.717, 1.165) is 43.9 Å². The van der Waals surface area contributed by atoms with Crippen molar-refractivity contribution in [2.75, 3.05) is 27.2 Å². The van der Waals surface area contributed by atoms with Crippen molar-refractivity contribution in [1.29, 1.82) is 0 Å². The van der Waals surface area contributed by atoms with E-state index >= 15 is 0 Å². The van der Waals surface area contributed by atoms with Crippen LogP contribution in [-0.4, -0.2) is 48.9 Å². The Morgan fingerprint density at radius 1 is 1.17 bits per heavy atom. The molecule has 2 aromatic rings. The Kier molecular flexibility index (Phi) is 8.25. The quantitative estimate of drug-likeness (QED) is 0.385. The van der Waals surface area contributed by atoms with Crippen molar-refractivity contribution in [2.24, 2.45) is 4.99 Å². The fourth-order valence-electron chi connectivity index (χ4n) is 3.48. The fourth-order valence-corrected chi connectivity index (χ4v) is 4.68. The van der Waals surface area contributed by atoms with Gasteiger partial charge < -0.3 is 15.5 Å². The number of benzene rings is 1. The summed E-state index contributed by atoms with van der Waals surface area (Å²) >= 11 is 1.91. The number of carbonyl (C=O) groups is 1. The molecular formula is C23H33N5OS. The SMILES string of the molecule is CCNC(=NCc1ccc(C(=O)N(C)C)cc1)NCCCc1nc2c(s1)CCCC2. The summed E-state index contributed by atoms with van der Waals surface area (Å²) in [5.74, 6) is 0.838. The third kappa shape index (κ3) is 6.29. The van der Waals surface area contributed by atoms with Crippen molar-refractivity contribution in [1.82, 2.24) is 20.5 Å². The van der Waals surface area contributed by atoms with Crippen molar-refractivity contribution in [3.05, 3.63) is 51.0 Å². The van der Waals surface area contributed by atoms with Crippen LogP contribution in [0.15, 0.2) is 29.3 Å². The Labute approximate surface area is 183 Å². The van der Waals surface area contributed by atoms with E-state index in [1.54, 1.807) is 19.0 Å². The van der Waals surface area contributed by atoms with Gasteiger partial charge in [-0.3, -0.25) is 4.79 Å². The number of guanidine groups is 1. The molecule has 0 fully saturated rings. The first-order valence-corrected chi connectivity index (χ1v) is 11.7. The molecule has 30 heavy (non-hydrogen) atoms. The van der Waals surface area contributed by atoms with E-state index in [4.69, 9.17) is 4.98 Å². The summed E-state index contributed by atoms with van der Waals surface area (Å²) in [5.41, 5.74) is 3.12. The zero-order valence-electron chi connectivity index (χ0n) is 18.3. The summed E-state index contributed by atoms with van der Waals surface area (Å²) < 4.78 is 0. The molecule has 1 aliphatic carbocycles. The number of aromatic nitrogens is 1. The number of rotatable bonds is 8. The molecule has 6 nitrogen and oxygen atoms in total. The molecule has 0 radical (unpaired) electrons. The Morgan fingerprint density at radius 3 is 2.63 bits per heavy atom. The summed E-state index contributed by atoms with van der Waals surface area (Å²) in [6.07, 6.45) is 7.03. The van der Waals surface area contributed by atoms with Crippen LogP contribution in [0.4, 0.5) is 0 Å². The molecule has 162 valence electrons. The standard InChI is InChI=1S/C23H33N5OS/c1-4-24-23(26-16-17-11-13-18(14-12-17)22(29)28(2)3)25-15-7-10-21-27-19-8-5-6-9-20(19)30-21/h11-14H,4-10,15-16H2,1-3H3,(H2,24,25,26). The predicted octanol–water partition coefficient (Wildman–Crippen LogP) is 3.41. The first-order valence-electron chi connectivity index (χ1n) is 10.9. The molecule has 1 aromatic heterocycles. The first kappa shape index (κ1) is 22.3. The third-order valence-corrected chi connectivity index (χ3v) is 6.34. The van der Waals surface area contributed by atoms with Crippen molar-refractivity contribution < 1.29 is 4.79 Å². The van der Waals surface area contributed by atoms with Crippen molar-refractivity contribution in [3.8, 4) is 0 Å². The van der Waals surface area contributed by atoms with Gasteiger partial charge >= 0.3 is 0 Å². The minimum Gasteiger partial charge on any atom is -0.357 e. The zero-order chi connectivity index (χ0) is 21.3. The number of fused-ring (bicyclic) bond motifs is 1. The fraction of sp³-hybridized carbons (Fsp3) is 0.522. The van der Waals surface area contributed by atoms with Crippen LogP contribution in [-0.2, 0) is 25.8 Å². The second-order valence-electron chi connectivity index (χ2n) is 7.81. The molecule has 0 saturated heterocycles. The number of hydrogen-bond donors (Lipinski definition) is 2. The molecule has 1 aliphatic rings. The minimum atomic E-state index is 0.0149. The Hall–Kier alpha value is -2.41. The summed E-state index contributed by atoms with van der Waals surface area (Å²) in [6, 6.07) is 7.66. The number of nitrogens with one attached hydrogen (secondary N) is 2. The summed E-state index contributed by atoms with van der Waals surface area (Å²) in [4.78, 5) is 24.6. The van der Waals surface area contributed by atoms with Gasteiger partial charge in [0, 0.05) is 44.0 Å². The number of aryl methyl sites for hydroxylation is 3. The molecule has 7 heteroatoms. The molecule has 1 amide bonds. The van der Waals surface area contributed by atoms with Gasteiger partial charge in [0.05, 0.1) is 17.2 Å². The Bertz CT molecular complexity index is 833. The molecule has 0 unspecified atom stereocenters. The van der Waals surface area contributed by atoms with E-state index in [2.05, 4.69) is 22.5 Å². The molecule has 1 aromatic carbocycles. The number of amides is 1. The molecule has 0 bridgehead atoms. The van der Waals surface area contributed by atoms with E-state index in [9.17, 15) is 4.79 Å². The van der Waals surface area contributed by atoms with Crippen molar-refractivity contribution >= 4 is 23.2 Å². The van der Waals surface area contributed by atoms with Crippen LogP contribution in [0.3, 0.4) is 0 Å². The molecule has 2 N–H and O–H groups in total. The largest absolute Gasteiger partial charge is 0.357 e. The monoisotopic (exact) mass is 427 g/mol. The molecule has 0 aliphatic heterocycles. The molecule has 0 spiro atoms. The Balaban J connectivity index is 1.47. The zero-order valence-corrected chi connectivity index (χ0v) is 19.1. The van der Waals surface area contributed by atoms with Crippen molar-refractivity contribution in [2.45, 2.75) is 52.0 Å². The summed E-state index contributed by atoms with van der Waals surface area (Å²) in [7, 11) is 3.52. The lowest BCUT2D eigenvalue weighted by Crippen LogP contribution is -2.37. The van der Waals surface area contributed by atoms with Crippen LogP contribution in [0.25, 0.3) is 0 Å². The number of nitrogens with zero attached hydrogens (tertiary/aromatic N) is 3. The van der Waals surface area contributed by atoms with Crippen LogP contribution in [0.1, 0.15) is 57.7 Å². The number of hydrogen-bond acceptors (Lipinski definition) is 4. The van der Waals surface area contributed by atoms with E-state index in [0.29, 0.717) is 12.1 Å². The first-order chi connectivity index (χ1) is 14.6. The van der Waals surface area contributed by atoms with Gasteiger partial charge in [-0.1, -0.05) is 12.1 Å². The molecular weight excluding hydrogens is 394 g/mol. The van der Waals surface area contributed by atoms with E-state index in [1.165, 1.54) is 34.8 Å². The third-order valence-electron chi connectivity index (χ3n) is 5.12. The molecule has 0 atom stereocenters. The summed E-state index contributed by atoms with van der Waals surface area (Å²) in [5, 5.41) is 8.00. The van der Waals surface area contributed by atoms with Gasteiger partial charge in [-0.25, -0.2) is 9.98 Å². The normalized spacial score (nSPS) is 13.6. The van der Waals surface area contributed by atoms with E-state index < -0.39 is 0 Å². The van der Waals surface area contributed by atoms with Crippen LogP contribution in [0.2, 0.25) is 0 Å². The van der Waals surface area contributed by atoms with Crippen LogP contribution in [0.5, 0.6) is 0 Å². The van der Waals surface area contributed by atoms with Gasteiger partial charge in [0.15, 0.2) is 5.96 Å². The van der Waals surface area contributed by atoms with E-state index in [-0.39, 0.29) is 5.91 Å². The van der Waals surface area contributed by atoms with Crippen LogP contribution in [0, 0.1) is 0 Å². The molecule has 3 rings (SSSR count). The van der Waals surface area contributed by atoms with Gasteiger partial charge in [-0.15, -0.1) is 11.3 Å². The number of thiazole rings is 1. The van der Waals surface area contributed by atoms with Crippen molar-refractivity contribution in [3.63, 3.8) is 0 Å². The maximum atomic E-state index is 12.0. The highest BCUT2D eigenvalue weighted by Crippen LogP contribution is 2.27. The van der Waals surface area contributed by atoms with Gasteiger partial charge in [0.2, 0.25) is 0 Å². The lowest BCUT2D eigenvalue weighted by atomic mass is 10.0. The van der Waals surface area contributed by atoms with Gasteiger partial charge in [0.1, 0.15) is 0 Å². The highest BCUT2D eigenvalue weighted by molar-refractivity contribution is 7.11. The molecule has 1 heterocycles. The van der Waals surface area contributed by atoms with Gasteiger partial charge in [-0.05, 0) is 56.7 Å². The maximum Gasteiger partial charge on any atom is 0.253 e. The second kappa shape index (κ2) is 11.1. The maximum absolute atomic E-state index is 12.0. The Morgan fingerprint density at radius 2 is 1.93 bits per heavy atom. The predicted molar refractivity (Wildman–Crippen MR) is 124 cm³/mol.